The third-order valence-corrected chi connectivity index (χ3v) is 6.99. The van der Waals surface area contributed by atoms with Crippen molar-refractivity contribution in [3.8, 4) is 11.5 Å². The summed E-state index contributed by atoms with van der Waals surface area (Å²) in [5.74, 6) is 0.659. The monoisotopic (exact) mass is 511 g/mol. The first-order chi connectivity index (χ1) is 17.1. The summed E-state index contributed by atoms with van der Waals surface area (Å²) in [5, 5.41) is 2.65. The van der Waals surface area contributed by atoms with Crippen LogP contribution < -0.4 is 20.3 Å². The Bertz CT molecular complexity index is 1570. The lowest BCUT2D eigenvalue weighted by Crippen LogP contribution is -2.21. The van der Waals surface area contributed by atoms with Crippen LogP contribution in [0.15, 0.2) is 68.8 Å². The van der Waals surface area contributed by atoms with Gasteiger partial charge in [0.2, 0.25) is 0 Å². The van der Waals surface area contributed by atoms with E-state index < -0.39 is 21.3 Å². The second kappa shape index (κ2) is 10.2. The number of aromatic nitrogens is 2. The number of benzene rings is 2. The van der Waals surface area contributed by atoms with Crippen molar-refractivity contribution in [2.75, 3.05) is 17.7 Å². The molecule has 2 aromatic heterocycles. The standard InChI is InChI=1S/C25H25N3O7S/c1-4-36(31,32)20-9-10-22(34-14-18-12-25(30)28-23(26-18)11-17(3)35-28)21(13-20)27-24(29)15-33-19-7-5-16(2)6-8-19/h5-13H,4,14-15H2,1-3H3,(H,27,29). The first-order valence-electron chi connectivity index (χ1n) is 11.1. The molecule has 0 spiro atoms. The molecule has 4 aromatic rings. The lowest BCUT2D eigenvalue weighted by Gasteiger charge is -2.14. The minimum Gasteiger partial charge on any atom is -0.485 e. The highest BCUT2D eigenvalue weighted by Crippen LogP contribution is 2.29. The third kappa shape index (κ3) is 5.74. The van der Waals surface area contributed by atoms with Crippen molar-refractivity contribution in [2.45, 2.75) is 32.3 Å². The zero-order chi connectivity index (χ0) is 25.9. The van der Waals surface area contributed by atoms with Gasteiger partial charge < -0.3 is 19.3 Å². The van der Waals surface area contributed by atoms with Crippen LogP contribution in [0.5, 0.6) is 11.5 Å². The van der Waals surface area contributed by atoms with E-state index in [1.165, 1.54) is 31.2 Å². The number of nitrogens with zero attached hydrogens (tertiary/aromatic N) is 2. The van der Waals surface area contributed by atoms with Crippen LogP contribution in [0.4, 0.5) is 5.69 Å². The topological polar surface area (TPSA) is 129 Å². The number of nitrogens with one attached hydrogen (secondary N) is 1. The molecular weight excluding hydrogens is 486 g/mol. The highest BCUT2D eigenvalue weighted by Gasteiger charge is 2.17. The van der Waals surface area contributed by atoms with Crippen LogP contribution >= 0.6 is 0 Å². The molecule has 1 amide bonds. The maximum Gasteiger partial charge on any atom is 0.287 e. The van der Waals surface area contributed by atoms with Crippen molar-refractivity contribution in [1.29, 1.82) is 0 Å². The van der Waals surface area contributed by atoms with E-state index in [1.807, 2.05) is 19.1 Å². The number of hydrogen-bond donors (Lipinski definition) is 1. The molecule has 0 bridgehead atoms. The number of carbonyl (C=O) groups is 1. The summed E-state index contributed by atoms with van der Waals surface area (Å²) in [5.41, 5.74) is 1.48. The molecule has 0 unspecified atom stereocenters. The zero-order valence-electron chi connectivity index (χ0n) is 20.0. The molecule has 0 saturated heterocycles. The highest BCUT2D eigenvalue weighted by molar-refractivity contribution is 7.91. The molecule has 36 heavy (non-hydrogen) atoms. The molecule has 0 fully saturated rings. The average molecular weight is 512 g/mol. The second-order valence-corrected chi connectivity index (χ2v) is 10.4. The summed E-state index contributed by atoms with van der Waals surface area (Å²) in [4.78, 5) is 29.2. The van der Waals surface area contributed by atoms with Crippen molar-refractivity contribution in [3.63, 3.8) is 0 Å². The van der Waals surface area contributed by atoms with Crippen LogP contribution in [-0.4, -0.2) is 36.2 Å². The predicted octanol–water partition coefficient (Wildman–Crippen LogP) is 3.29. The van der Waals surface area contributed by atoms with Gasteiger partial charge in [-0.3, -0.25) is 9.59 Å². The Labute approximate surface area is 207 Å². The number of rotatable bonds is 9. The Morgan fingerprint density at radius 3 is 2.53 bits per heavy atom. The second-order valence-electron chi connectivity index (χ2n) is 8.08. The number of amides is 1. The van der Waals surface area contributed by atoms with E-state index in [-0.39, 0.29) is 35.3 Å². The quantitative estimate of drug-likeness (QED) is 0.362. The van der Waals surface area contributed by atoms with Crippen LogP contribution in [0.3, 0.4) is 0 Å². The molecule has 10 nitrogen and oxygen atoms in total. The summed E-state index contributed by atoms with van der Waals surface area (Å²) < 4.78 is 42.5. The molecule has 0 aliphatic heterocycles. The molecule has 2 heterocycles. The van der Waals surface area contributed by atoms with Gasteiger partial charge >= 0.3 is 0 Å². The van der Waals surface area contributed by atoms with Crippen molar-refractivity contribution in [1.82, 2.24) is 9.56 Å². The van der Waals surface area contributed by atoms with Gasteiger partial charge in [0.15, 0.2) is 22.1 Å². The fourth-order valence-electron chi connectivity index (χ4n) is 3.36. The number of anilines is 1. The lowest BCUT2D eigenvalue weighted by molar-refractivity contribution is -0.118. The minimum atomic E-state index is -3.53. The molecule has 0 atom stereocenters. The number of hydrogen-bond acceptors (Lipinski definition) is 8. The molecule has 0 aliphatic rings. The number of carbonyl (C=O) groups excluding carboxylic acids is 1. The third-order valence-electron chi connectivity index (χ3n) is 5.25. The SMILES string of the molecule is CCS(=O)(=O)c1ccc(OCc2cc(=O)n3oc(C)cc3n2)c(NC(=O)COc2ccc(C)cc2)c1. The summed E-state index contributed by atoms with van der Waals surface area (Å²) in [6.07, 6.45) is 0. The number of aryl methyl sites for hydroxylation is 2. The maximum absolute atomic E-state index is 12.6. The van der Waals surface area contributed by atoms with Gasteiger partial charge in [0.25, 0.3) is 11.5 Å². The Morgan fingerprint density at radius 1 is 1.06 bits per heavy atom. The van der Waals surface area contributed by atoms with Gasteiger partial charge in [-0.25, -0.2) is 13.4 Å². The van der Waals surface area contributed by atoms with Crippen molar-refractivity contribution >= 4 is 27.1 Å². The Kier molecular flexibility index (Phi) is 7.11. The van der Waals surface area contributed by atoms with Crippen LogP contribution in [0.2, 0.25) is 0 Å². The van der Waals surface area contributed by atoms with E-state index >= 15 is 0 Å². The van der Waals surface area contributed by atoms with Crippen LogP contribution in [0.25, 0.3) is 5.65 Å². The molecule has 11 heteroatoms. The lowest BCUT2D eigenvalue weighted by atomic mass is 10.2. The Morgan fingerprint density at radius 2 is 1.81 bits per heavy atom. The van der Waals surface area contributed by atoms with Crippen molar-refractivity contribution < 1.29 is 27.2 Å². The van der Waals surface area contributed by atoms with Gasteiger partial charge in [0, 0.05) is 12.1 Å². The molecule has 0 aliphatic carbocycles. The van der Waals surface area contributed by atoms with Crippen LogP contribution in [-0.2, 0) is 21.2 Å². The van der Waals surface area contributed by atoms with Gasteiger partial charge in [-0.1, -0.05) is 24.6 Å². The zero-order valence-corrected chi connectivity index (χ0v) is 20.8. The van der Waals surface area contributed by atoms with E-state index in [9.17, 15) is 18.0 Å². The molecule has 188 valence electrons. The van der Waals surface area contributed by atoms with Gasteiger partial charge in [-0.15, -0.1) is 4.57 Å². The Balaban J connectivity index is 1.54. The normalized spacial score (nSPS) is 11.4. The maximum atomic E-state index is 12.6. The van der Waals surface area contributed by atoms with Crippen molar-refractivity contribution in [2.24, 2.45) is 0 Å². The largest absolute Gasteiger partial charge is 0.485 e. The van der Waals surface area contributed by atoms with E-state index in [1.54, 1.807) is 25.1 Å². The smallest absolute Gasteiger partial charge is 0.287 e. The first-order valence-corrected chi connectivity index (χ1v) is 12.8. The molecule has 4 rings (SSSR count). The highest BCUT2D eigenvalue weighted by atomic mass is 32.2. The molecular formula is C25H25N3O7S. The fourth-order valence-corrected chi connectivity index (χ4v) is 4.27. The van der Waals surface area contributed by atoms with Gasteiger partial charge in [-0.05, 0) is 44.2 Å². The molecule has 2 aromatic carbocycles. The number of fused-ring (bicyclic) bond motifs is 1. The molecule has 1 N–H and O–H groups in total. The van der Waals surface area contributed by atoms with Crippen molar-refractivity contribution in [3.05, 3.63) is 82.0 Å². The van der Waals surface area contributed by atoms with Gasteiger partial charge in [-0.2, -0.15) is 0 Å². The summed E-state index contributed by atoms with van der Waals surface area (Å²) >= 11 is 0. The van der Waals surface area contributed by atoms with Crippen LogP contribution in [0, 0.1) is 13.8 Å². The van der Waals surface area contributed by atoms with Crippen LogP contribution in [0.1, 0.15) is 23.9 Å². The summed E-state index contributed by atoms with van der Waals surface area (Å²) in [7, 11) is -3.53. The predicted molar refractivity (Wildman–Crippen MR) is 132 cm³/mol. The summed E-state index contributed by atoms with van der Waals surface area (Å²) in [6, 6.07) is 14.3. The van der Waals surface area contributed by atoms with Gasteiger partial charge in [0.05, 0.1) is 22.0 Å². The van der Waals surface area contributed by atoms with E-state index in [4.69, 9.17) is 14.0 Å². The van der Waals surface area contributed by atoms with E-state index in [0.29, 0.717) is 22.9 Å². The summed E-state index contributed by atoms with van der Waals surface area (Å²) in [6.45, 7) is 4.79. The Hall–Kier alpha value is -4.12. The average Bonchev–Trinajstić information content (AvgIpc) is 3.23. The van der Waals surface area contributed by atoms with E-state index in [0.717, 1.165) is 10.1 Å². The number of ether oxygens (including phenoxy) is 2. The minimum absolute atomic E-state index is 0.0405. The fraction of sp³-hybridized carbons (Fsp3) is 0.240. The number of sulfone groups is 1. The molecule has 0 saturated carbocycles. The van der Waals surface area contributed by atoms with Gasteiger partial charge in [0.1, 0.15) is 23.9 Å². The molecule has 0 radical (unpaired) electrons. The first kappa shape index (κ1) is 25.0. The van der Waals surface area contributed by atoms with E-state index in [2.05, 4.69) is 10.3 Å².